The highest BCUT2D eigenvalue weighted by atomic mass is 35.5. The third kappa shape index (κ3) is 4.48. The van der Waals surface area contributed by atoms with E-state index >= 15 is 0 Å². The Morgan fingerprint density at radius 2 is 2.12 bits per heavy atom. The van der Waals surface area contributed by atoms with Crippen molar-refractivity contribution >= 4 is 23.3 Å². The SMILES string of the molecule is CC(C)(C)OC(=O)N1CC=C(c2cccnc2C(C)(O)CCl)CC1. The number of ether oxygens (including phenoxy) is 1. The minimum atomic E-state index is -1.19. The molecule has 132 valence electrons. The van der Waals surface area contributed by atoms with Crippen molar-refractivity contribution in [3.63, 3.8) is 0 Å². The summed E-state index contributed by atoms with van der Waals surface area (Å²) in [7, 11) is 0. The average Bonchev–Trinajstić information content (AvgIpc) is 2.53. The molecule has 0 aromatic carbocycles. The van der Waals surface area contributed by atoms with Gasteiger partial charge in [-0.25, -0.2) is 4.79 Å². The van der Waals surface area contributed by atoms with Crippen LogP contribution in [0.3, 0.4) is 0 Å². The van der Waals surface area contributed by atoms with Crippen molar-refractivity contribution in [2.45, 2.75) is 45.3 Å². The Hall–Kier alpha value is -1.59. The Kier molecular flexibility index (Phi) is 5.56. The van der Waals surface area contributed by atoms with E-state index in [9.17, 15) is 9.90 Å². The van der Waals surface area contributed by atoms with Gasteiger partial charge in [0, 0.05) is 24.8 Å². The smallest absolute Gasteiger partial charge is 0.410 e. The van der Waals surface area contributed by atoms with Crippen LogP contribution in [0.4, 0.5) is 4.79 Å². The van der Waals surface area contributed by atoms with E-state index in [2.05, 4.69) is 4.98 Å². The number of aromatic nitrogens is 1. The number of carbonyl (C=O) groups excluding carboxylic acids is 1. The number of amides is 1. The van der Waals surface area contributed by atoms with Crippen molar-refractivity contribution in [1.82, 2.24) is 9.88 Å². The highest BCUT2D eigenvalue weighted by Gasteiger charge is 2.29. The van der Waals surface area contributed by atoms with E-state index in [4.69, 9.17) is 16.3 Å². The van der Waals surface area contributed by atoms with Crippen molar-refractivity contribution in [3.05, 3.63) is 35.7 Å². The summed E-state index contributed by atoms with van der Waals surface area (Å²) < 4.78 is 5.40. The Morgan fingerprint density at radius 1 is 1.42 bits per heavy atom. The van der Waals surface area contributed by atoms with E-state index < -0.39 is 11.2 Å². The molecule has 0 fully saturated rings. The van der Waals surface area contributed by atoms with Crippen LogP contribution in [0, 0.1) is 0 Å². The molecular weight excluding hydrogens is 328 g/mol. The zero-order valence-electron chi connectivity index (χ0n) is 14.7. The lowest BCUT2D eigenvalue weighted by atomic mass is 9.91. The van der Waals surface area contributed by atoms with Crippen molar-refractivity contribution in [3.8, 4) is 0 Å². The monoisotopic (exact) mass is 352 g/mol. The number of carbonyl (C=O) groups is 1. The Bertz CT molecular complexity index is 635. The molecule has 0 spiro atoms. The van der Waals surface area contributed by atoms with Crippen LogP contribution in [0.25, 0.3) is 5.57 Å². The summed E-state index contributed by atoms with van der Waals surface area (Å²) in [6.45, 7) is 8.26. The van der Waals surface area contributed by atoms with Gasteiger partial charge >= 0.3 is 6.09 Å². The largest absolute Gasteiger partial charge is 0.444 e. The van der Waals surface area contributed by atoms with E-state index in [-0.39, 0.29) is 12.0 Å². The molecule has 24 heavy (non-hydrogen) atoms. The molecule has 0 bridgehead atoms. The number of alkyl halides is 1. The van der Waals surface area contributed by atoms with Crippen LogP contribution in [-0.4, -0.2) is 45.7 Å². The van der Waals surface area contributed by atoms with Gasteiger partial charge in [-0.05, 0) is 45.8 Å². The molecule has 0 radical (unpaired) electrons. The number of hydrogen-bond donors (Lipinski definition) is 1. The molecule has 0 saturated carbocycles. The second kappa shape index (κ2) is 7.11. The first kappa shape index (κ1) is 18.7. The zero-order chi connectivity index (χ0) is 18.0. The van der Waals surface area contributed by atoms with Crippen molar-refractivity contribution in [2.24, 2.45) is 0 Å². The zero-order valence-corrected chi connectivity index (χ0v) is 15.4. The fourth-order valence-electron chi connectivity index (χ4n) is 2.56. The fraction of sp³-hybridized carbons (Fsp3) is 0.556. The lowest BCUT2D eigenvalue weighted by Gasteiger charge is -2.31. The predicted octanol–water partition coefficient (Wildman–Crippen LogP) is 3.55. The van der Waals surface area contributed by atoms with Gasteiger partial charge in [0.05, 0.1) is 11.6 Å². The summed E-state index contributed by atoms with van der Waals surface area (Å²) in [5.41, 5.74) is 0.810. The molecule has 0 saturated heterocycles. The Labute approximate surface area is 148 Å². The van der Waals surface area contributed by atoms with Gasteiger partial charge in [-0.2, -0.15) is 0 Å². The summed E-state index contributed by atoms with van der Waals surface area (Å²) >= 11 is 5.89. The van der Waals surface area contributed by atoms with Gasteiger partial charge < -0.3 is 14.7 Å². The standard InChI is InChI=1S/C18H25ClN2O3/c1-17(2,3)24-16(22)21-10-7-13(8-11-21)14-6-5-9-20-15(14)18(4,23)12-19/h5-7,9,23H,8,10-12H2,1-4H3. The van der Waals surface area contributed by atoms with Crippen LogP contribution in [0.1, 0.15) is 45.4 Å². The summed E-state index contributed by atoms with van der Waals surface area (Å²) in [4.78, 5) is 18.1. The topological polar surface area (TPSA) is 62.7 Å². The second-order valence-corrected chi connectivity index (χ2v) is 7.48. The molecule has 2 heterocycles. The quantitative estimate of drug-likeness (QED) is 0.845. The third-order valence-corrected chi connectivity index (χ3v) is 4.31. The fourth-order valence-corrected chi connectivity index (χ4v) is 2.69. The molecule has 1 amide bonds. The maximum atomic E-state index is 12.1. The number of halogens is 1. The average molecular weight is 353 g/mol. The van der Waals surface area contributed by atoms with E-state index in [1.54, 1.807) is 18.0 Å². The van der Waals surface area contributed by atoms with E-state index in [0.29, 0.717) is 25.2 Å². The van der Waals surface area contributed by atoms with E-state index in [1.807, 2.05) is 39.0 Å². The molecule has 6 heteroatoms. The number of nitrogens with zero attached hydrogens (tertiary/aromatic N) is 2. The van der Waals surface area contributed by atoms with Crippen molar-refractivity contribution in [2.75, 3.05) is 19.0 Å². The number of rotatable bonds is 3. The molecule has 1 unspecified atom stereocenters. The summed E-state index contributed by atoms with van der Waals surface area (Å²) in [6.07, 6.45) is 4.00. The second-order valence-electron chi connectivity index (χ2n) is 7.21. The molecule has 1 aromatic heterocycles. The first-order valence-corrected chi connectivity index (χ1v) is 8.59. The summed E-state index contributed by atoms with van der Waals surface area (Å²) in [5.74, 6) is 0.0638. The van der Waals surface area contributed by atoms with Gasteiger partial charge in [0.25, 0.3) is 0 Å². The number of hydrogen-bond acceptors (Lipinski definition) is 4. The van der Waals surface area contributed by atoms with Gasteiger partial charge in [-0.1, -0.05) is 12.1 Å². The summed E-state index contributed by atoms with van der Waals surface area (Å²) in [5, 5.41) is 10.5. The van der Waals surface area contributed by atoms with Gasteiger partial charge in [0.15, 0.2) is 0 Å². The molecule has 1 aliphatic rings. The first-order chi connectivity index (χ1) is 11.1. The Balaban J connectivity index is 2.18. The third-order valence-electron chi connectivity index (χ3n) is 3.78. The van der Waals surface area contributed by atoms with Crippen LogP contribution < -0.4 is 0 Å². The minimum Gasteiger partial charge on any atom is -0.444 e. The number of aliphatic hydroxyl groups is 1. The maximum absolute atomic E-state index is 12.1. The van der Waals surface area contributed by atoms with Crippen LogP contribution in [0.5, 0.6) is 0 Å². The molecule has 2 rings (SSSR count). The highest BCUT2D eigenvalue weighted by Crippen LogP contribution is 2.31. The molecule has 1 N–H and O–H groups in total. The van der Waals surface area contributed by atoms with Crippen LogP contribution in [0.15, 0.2) is 24.4 Å². The molecule has 5 nitrogen and oxygen atoms in total. The maximum Gasteiger partial charge on any atom is 0.410 e. The molecular formula is C18H25ClN2O3. The van der Waals surface area contributed by atoms with Gasteiger partial charge in [-0.3, -0.25) is 4.98 Å². The lowest BCUT2D eigenvalue weighted by Crippen LogP contribution is -2.39. The van der Waals surface area contributed by atoms with Gasteiger partial charge in [-0.15, -0.1) is 11.6 Å². The minimum absolute atomic E-state index is 0.0638. The number of pyridine rings is 1. The lowest BCUT2D eigenvalue weighted by molar-refractivity contribution is 0.0270. The molecule has 1 aromatic rings. The molecule has 1 atom stereocenters. The Morgan fingerprint density at radius 3 is 2.67 bits per heavy atom. The van der Waals surface area contributed by atoms with E-state index in [1.165, 1.54) is 0 Å². The van der Waals surface area contributed by atoms with Gasteiger partial charge in [0.2, 0.25) is 0 Å². The normalized spacial score (nSPS) is 17.9. The van der Waals surface area contributed by atoms with Gasteiger partial charge in [0.1, 0.15) is 11.2 Å². The predicted molar refractivity (Wildman–Crippen MR) is 94.9 cm³/mol. The van der Waals surface area contributed by atoms with Crippen molar-refractivity contribution in [1.29, 1.82) is 0 Å². The van der Waals surface area contributed by atoms with Crippen LogP contribution in [0.2, 0.25) is 0 Å². The van der Waals surface area contributed by atoms with Crippen LogP contribution in [-0.2, 0) is 10.3 Å². The van der Waals surface area contributed by atoms with Crippen molar-refractivity contribution < 1.29 is 14.6 Å². The summed E-state index contributed by atoms with van der Waals surface area (Å²) in [6, 6.07) is 3.77. The van der Waals surface area contributed by atoms with Crippen LogP contribution >= 0.6 is 11.6 Å². The molecule has 0 aliphatic carbocycles. The molecule has 1 aliphatic heterocycles. The first-order valence-electron chi connectivity index (χ1n) is 8.05. The van der Waals surface area contributed by atoms with E-state index in [0.717, 1.165) is 11.1 Å². The highest BCUT2D eigenvalue weighted by molar-refractivity contribution is 6.18.